The molecule has 2 aliphatic rings. The Morgan fingerprint density at radius 1 is 1.11 bits per heavy atom. The molecule has 0 saturated carbocycles. The van der Waals surface area contributed by atoms with E-state index in [9.17, 15) is 14.4 Å². The molecule has 1 atom stereocenters. The summed E-state index contributed by atoms with van der Waals surface area (Å²) in [5.41, 5.74) is 2.79. The van der Waals surface area contributed by atoms with Gasteiger partial charge >= 0.3 is 6.03 Å². The monoisotopic (exact) mass is 363 g/mol. The number of rotatable bonds is 4. The molecule has 1 fully saturated rings. The highest BCUT2D eigenvalue weighted by Crippen LogP contribution is 2.29. The van der Waals surface area contributed by atoms with Crippen molar-refractivity contribution in [1.29, 1.82) is 0 Å². The minimum Gasteiger partial charge on any atom is -0.325 e. The minimum absolute atomic E-state index is 0.315. The first-order valence-electron chi connectivity index (χ1n) is 9.09. The highest BCUT2D eigenvalue weighted by atomic mass is 16.2. The quantitative estimate of drug-likeness (QED) is 0.820. The highest BCUT2D eigenvalue weighted by Gasteiger charge is 2.49. The number of nitrogens with zero attached hydrogens (tertiary/aromatic N) is 1. The molecule has 0 radical (unpaired) electrons. The average Bonchev–Trinajstić information content (AvgIpc) is 3.21. The summed E-state index contributed by atoms with van der Waals surface area (Å²) < 4.78 is 0. The van der Waals surface area contributed by atoms with Gasteiger partial charge in [-0.3, -0.25) is 14.5 Å². The molecular formula is C21H21N3O3. The van der Waals surface area contributed by atoms with Gasteiger partial charge in [-0.05, 0) is 55.0 Å². The number of amides is 4. The maximum absolute atomic E-state index is 12.8. The van der Waals surface area contributed by atoms with Crippen LogP contribution in [0.2, 0.25) is 0 Å². The minimum atomic E-state index is -1.16. The highest BCUT2D eigenvalue weighted by molar-refractivity contribution is 6.10. The van der Waals surface area contributed by atoms with E-state index in [2.05, 4.69) is 10.6 Å². The third kappa shape index (κ3) is 3.07. The van der Waals surface area contributed by atoms with E-state index in [0.717, 1.165) is 24.2 Å². The zero-order chi connectivity index (χ0) is 19.0. The predicted octanol–water partition coefficient (Wildman–Crippen LogP) is 2.58. The molecule has 1 saturated heterocycles. The zero-order valence-electron chi connectivity index (χ0n) is 15.1. The van der Waals surface area contributed by atoms with Crippen LogP contribution in [0.25, 0.3) is 0 Å². The Kier molecular flexibility index (Phi) is 4.18. The van der Waals surface area contributed by atoms with Gasteiger partial charge in [-0.15, -0.1) is 0 Å². The van der Waals surface area contributed by atoms with Crippen molar-refractivity contribution in [2.24, 2.45) is 0 Å². The topological polar surface area (TPSA) is 78.5 Å². The second-order valence-corrected chi connectivity index (χ2v) is 7.20. The summed E-state index contributed by atoms with van der Waals surface area (Å²) >= 11 is 0. The van der Waals surface area contributed by atoms with E-state index in [0.29, 0.717) is 11.3 Å². The maximum Gasteiger partial charge on any atom is 0.325 e. The van der Waals surface area contributed by atoms with E-state index in [1.165, 1.54) is 11.1 Å². The third-order valence-corrected chi connectivity index (χ3v) is 5.31. The molecule has 1 aliphatic heterocycles. The number of carbonyl (C=O) groups is 3. The Hall–Kier alpha value is -3.15. The van der Waals surface area contributed by atoms with E-state index in [1.54, 1.807) is 19.1 Å². The van der Waals surface area contributed by atoms with Gasteiger partial charge in [-0.2, -0.15) is 0 Å². The van der Waals surface area contributed by atoms with Crippen molar-refractivity contribution in [3.8, 4) is 0 Å². The second-order valence-electron chi connectivity index (χ2n) is 7.20. The predicted molar refractivity (Wildman–Crippen MR) is 101 cm³/mol. The Morgan fingerprint density at radius 2 is 1.85 bits per heavy atom. The summed E-state index contributed by atoms with van der Waals surface area (Å²) in [7, 11) is 0. The first-order valence-corrected chi connectivity index (χ1v) is 9.09. The van der Waals surface area contributed by atoms with Gasteiger partial charge in [0.25, 0.3) is 5.91 Å². The SMILES string of the molecule is C[C@@]1(c2ccccc2)NC(=O)N(CC(=O)Nc2ccc3c(c2)CCC3)C1=O. The van der Waals surface area contributed by atoms with Crippen molar-refractivity contribution in [1.82, 2.24) is 10.2 Å². The standard InChI is InChI=1S/C21H21N3O3/c1-21(16-8-3-2-4-9-16)19(26)24(20(27)23-21)13-18(25)22-17-11-10-14-6-5-7-15(14)12-17/h2-4,8-12H,5-7,13H2,1H3,(H,22,25)(H,23,27)/t21-/m0/s1. The van der Waals surface area contributed by atoms with Crippen LogP contribution >= 0.6 is 0 Å². The van der Waals surface area contributed by atoms with Crippen molar-refractivity contribution < 1.29 is 14.4 Å². The number of imide groups is 1. The van der Waals surface area contributed by atoms with Gasteiger partial charge in [0.1, 0.15) is 12.1 Å². The number of aryl methyl sites for hydroxylation is 2. The molecule has 2 N–H and O–H groups in total. The van der Waals surface area contributed by atoms with Crippen LogP contribution in [0.15, 0.2) is 48.5 Å². The summed E-state index contributed by atoms with van der Waals surface area (Å²) in [6, 6.07) is 14.3. The van der Waals surface area contributed by atoms with Crippen LogP contribution in [-0.2, 0) is 28.0 Å². The molecule has 2 aromatic carbocycles. The first kappa shape index (κ1) is 17.3. The molecule has 0 bridgehead atoms. The van der Waals surface area contributed by atoms with Crippen LogP contribution in [-0.4, -0.2) is 29.3 Å². The molecule has 27 heavy (non-hydrogen) atoms. The maximum atomic E-state index is 12.8. The Balaban J connectivity index is 1.47. The van der Waals surface area contributed by atoms with E-state index in [4.69, 9.17) is 0 Å². The van der Waals surface area contributed by atoms with Crippen molar-refractivity contribution in [3.63, 3.8) is 0 Å². The average molecular weight is 363 g/mol. The molecular weight excluding hydrogens is 342 g/mol. The van der Waals surface area contributed by atoms with Crippen LogP contribution in [0.4, 0.5) is 10.5 Å². The molecule has 1 heterocycles. The largest absolute Gasteiger partial charge is 0.325 e. The van der Waals surface area contributed by atoms with Gasteiger partial charge in [0, 0.05) is 5.69 Å². The van der Waals surface area contributed by atoms with Crippen molar-refractivity contribution in [2.75, 3.05) is 11.9 Å². The third-order valence-electron chi connectivity index (χ3n) is 5.31. The lowest BCUT2D eigenvalue weighted by atomic mass is 9.92. The summed E-state index contributed by atoms with van der Waals surface area (Å²) in [4.78, 5) is 38.6. The summed E-state index contributed by atoms with van der Waals surface area (Å²) in [5, 5.41) is 5.50. The number of anilines is 1. The van der Waals surface area contributed by atoms with Crippen LogP contribution in [0.1, 0.15) is 30.0 Å². The summed E-state index contributed by atoms with van der Waals surface area (Å²) in [6.45, 7) is 1.34. The Labute approximate surface area is 157 Å². The number of benzene rings is 2. The molecule has 0 spiro atoms. The molecule has 6 heteroatoms. The molecule has 4 amide bonds. The summed E-state index contributed by atoms with van der Waals surface area (Å²) in [5.74, 6) is -0.823. The molecule has 1 aliphatic carbocycles. The molecule has 0 aromatic heterocycles. The van der Waals surface area contributed by atoms with Gasteiger partial charge in [0.05, 0.1) is 0 Å². The van der Waals surface area contributed by atoms with Crippen molar-refractivity contribution >= 4 is 23.5 Å². The Bertz CT molecular complexity index is 926. The summed E-state index contributed by atoms with van der Waals surface area (Å²) in [6.07, 6.45) is 3.22. The van der Waals surface area contributed by atoms with Gasteiger partial charge in [0.2, 0.25) is 5.91 Å². The number of hydrogen-bond donors (Lipinski definition) is 2. The lowest BCUT2D eigenvalue weighted by Gasteiger charge is -2.22. The number of urea groups is 1. The normalized spacial score (nSPS) is 21.1. The fourth-order valence-electron chi connectivity index (χ4n) is 3.80. The van der Waals surface area contributed by atoms with Gasteiger partial charge in [-0.1, -0.05) is 36.4 Å². The lowest BCUT2D eigenvalue weighted by molar-refractivity contribution is -0.133. The Morgan fingerprint density at radius 3 is 2.63 bits per heavy atom. The van der Waals surface area contributed by atoms with Gasteiger partial charge < -0.3 is 10.6 Å². The number of nitrogens with one attached hydrogen (secondary N) is 2. The zero-order valence-corrected chi connectivity index (χ0v) is 15.1. The first-order chi connectivity index (χ1) is 13.0. The van der Waals surface area contributed by atoms with E-state index in [1.807, 2.05) is 36.4 Å². The smallest absolute Gasteiger partial charge is 0.325 e. The van der Waals surface area contributed by atoms with Gasteiger partial charge in [-0.25, -0.2) is 4.79 Å². The molecule has 6 nitrogen and oxygen atoms in total. The van der Waals surface area contributed by atoms with E-state index < -0.39 is 23.4 Å². The number of carbonyl (C=O) groups excluding carboxylic acids is 3. The molecule has 0 unspecified atom stereocenters. The van der Waals surface area contributed by atoms with Crippen LogP contribution < -0.4 is 10.6 Å². The molecule has 138 valence electrons. The molecule has 4 rings (SSSR count). The second kappa shape index (κ2) is 6.54. The van der Waals surface area contributed by atoms with Crippen LogP contribution in [0.5, 0.6) is 0 Å². The van der Waals surface area contributed by atoms with E-state index in [-0.39, 0.29) is 6.54 Å². The lowest BCUT2D eigenvalue weighted by Crippen LogP contribution is -2.42. The van der Waals surface area contributed by atoms with E-state index >= 15 is 0 Å². The van der Waals surface area contributed by atoms with Crippen LogP contribution in [0, 0.1) is 0 Å². The van der Waals surface area contributed by atoms with Crippen molar-refractivity contribution in [3.05, 3.63) is 65.2 Å². The fourth-order valence-corrected chi connectivity index (χ4v) is 3.80. The number of fused-ring (bicyclic) bond motifs is 1. The van der Waals surface area contributed by atoms with Crippen LogP contribution in [0.3, 0.4) is 0 Å². The fraction of sp³-hybridized carbons (Fsp3) is 0.286. The molecule has 2 aromatic rings. The number of hydrogen-bond acceptors (Lipinski definition) is 3. The van der Waals surface area contributed by atoms with Gasteiger partial charge in [0.15, 0.2) is 0 Å². The van der Waals surface area contributed by atoms with Crippen molar-refractivity contribution in [2.45, 2.75) is 31.7 Å².